The maximum atomic E-state index is 6.12. The van der Waals surface area contributed by atoms with Gasteiger partial charge in [-0.1, -0.05) is 6.92 Å². The molecule has 3 unspecified atom stereocenters. The van der Waals surface area contributed by atoms with Crippen LogP contribution in [0.2, 0.25) is 0 Å². The lowest BCUT2D eigenvalue weighted by molar-refractivity contribution is -0.157. The third-order valence-electron chi connectivity index (χ3n) is 5.60. The molecule has 2 heterocycles. The Morgan fingerprint density at radius 3 is 2.58 bits per heavy atom. The molecule has 1 saturated carbocycles. The zero-order valence-electron chi connectivity index (χ0n) is 12.5. The highest BCUT2D eigenvalue weighted by Gasteiger charge is 2.49. The van der Waals surface area contributed by atoms with Gasteiger partial charge in [0.1, 0.15) is 0 Å². The molecule has 2 saturated heterocycles. The number of likely N-dealkylation sites (N-methyl/N-ethyl adjacent to an activating group) is 1. The summed E-state index contributed by atoms with van der Waals surface area (Å²) in [7, 11) is 0. The number of rotatable bonds is 4. The highest BCUT2D eigenvalue weighted by atomic mass is 16.5. The molecule has 3 rings (SSSR count). The zero-order valence-corrected chi connectivity index (χ0v) is 12.5. The maximum Gasteiger partial charge on any atom is 0.0810 e. The summed E-state index contributed by atoms with van der Waals surface area (Å²) in [6, 6.07) is 0.501. The van der Waals surface area contributed by atoms with Crippen LogP contribution in [-0.2, 0) is 9.47 Å². The fraction of sp³-hybridized carbons (Fsp3) is 1.00. The second-order valence-corrected chi connectivity index (χ2v) is 6.94. The summed E-state index contributed by atoms with van der Waals surface area (Å²) in [4.78, 5) is 0. The molecule has 1 spiro atoms. The smallest absolute Gasteiger partial charge is 0.0810 e. The minimum absolute atomic E-state index is 0.0446. The molecule has 3 nitrogen and oxygen atoms in total. The third-order valence-corrected chi connectivity index (χ3v) is 5.60. The molecule has 2 aliphatic heterocycles. The van der Waals surface area contributed by atoms with Crippen molar-refractivity contribution in [3.8, 4) is 0 Å². The van der Waals surface area contributed by atoms with E-state index >= 15 is 0 Å². The largest absolute Gasteiger partial charge is 0.375 e. The first kappa shape index (κ1) is 13.8. The summed E-state index contributed by atoms with van der Waals surface area (Å²) in [5, 5.41) is 3.74. The van der Waals surface area contributed by atoms with Gasteiger partial charge in [-0.15, -0.1) is 0 Å². The molecule has 0 aromatic carbocycles. The van der Waals surface area contributed by atoms with E-state index in [1.165, 1.54) is 44.9 Å². The Morgan fingerprint density at radius 2 is 2.00 bits per heavy atom. The van der Waals surface area contributed by atoms with Crippen LogP contribution in [0.4, 0.5) is 0 Å². The van der Waals surface area contributed by atoms with Gasteiger partial charge in [0.2, 0.25) is 0 Å². The van der Waals surface area contributed by atoms with Crippen molar-refractivity contribution in [2.75, 3.05) is 19.8 Å². The van der Waals surface area contributed by atoms with Gasteiger partial charge in [0, 0.05) is 19.3 Å². The van der Waals surface area contributed by atoms with Crippen molar-refractivity contribution in [2.45, 2.75) is 76.0 Å². The molecule has 0 aromatic rings. The van der Waals surface area contributed by atoms with E-state index in [1.54, 1.807) is 0 Å². The lowest BCUT2D eigenvalue weighted by atomic mass is 9.68. The molecular formula is C16H29NO2. The second-order valence-electron chi connectivity index (χ2n) is 6.94. The molecule has 3 aliphatic rings. The highest BCUT2D eigenvalue weighted by molar-refractivity contribution is 5.02. The molecule has 0 aromatic heterocycles. The van der Waals surface area contributed by atoms with Gasteiger partial charge in [0.25, 0.3) is 0 Å². The lowest BCUT2D eigenvalue weighted by Crippen LogP contribution is -2.57. The lowest BCUT2D eigenvalue weighted by Gasteiger charge is -2.51. The van der Waals surface area contributed by atoms with Crippen LogP contribution in [0.3, 0.4) is 0 Å². The summed E-state index contributed by atoms with van der Waals surface area (Å²) in [5.74, 6) is 0.720. The van der Waals surface area contributed by atoms with E-state index in [0.717, 1.165) is 25.7 Å². The van der Waals surface area contributed by atoms with E-state index in [2.05, 4.69) is 19.2 Å². The van der Waals surface area contributed by atoms with Gasteiger partial charge in [-0.2, -0.15) is 0 Å². The van der Waals surface area contributed by atoms with E-state index in [0.29, 0.717) is 6.04 Å². The van der Waals surface area contributed by atoms with E-state index < -0.39 is 0 Å². The minimum atomic E-state index is 0.0446. The summed E-state index contributed by atoms with van der Waals surface area (Å²) in [5.41, 5.74) is 0.286. The quantitative estimate of drug-likeness (QED) is 0.849. The summed E-state index contributed by atoms with van der Waals surface area (Å²) in [6.45, 7) is 7.45. The van der Waals surface area contributed by atoms with E-state index in [1.807, 2.05) is 0 Å². The van der Waals surface area contributed by atoms with Crippen molar-refractivity contribution in [2.24, 2.45) is 5.92 Å². The molecule has 3 heteroatoms. The predicted molar refractivity (Wildman–Crippen MR) is 76.3 cm³/mol. The first-order chi connectivity index (χ1) is 9.18. The Morgan fingerprint density at radius 1 is 1.16 bits per heavy atom. The van der Waals surface area contributed by atoms with Gasteiger partial charge in [-0.05, 0) is 64.3 Å². The zero-order chi connectivity index (χ0) is 13.3. The van der Waals surface area contributed by atoms with Crippen LogP contribution in [0.25, 0.3) is 0 Å². The van der Waals surface area contributed by atoms with Crippen molar-refractivity contribution >= 4 is 0 Å². The Hall–Kier alpha value is -0.120. The normalized spacial score (nSPS) is 39.2. The SMILES string of the molecule is CCNC(C1CCOC2(CCC2)C1)C1(C)CCCO1. The van der Waals surface area contributed by atoms with Gasteiger partial charge in [-0.3, -0.25) is 0 Å². The Labute approximate surface area is 117 Å². The molecule has 0 bridgehead atoms. The molecule has 0 amide bonds. The predicted octanol–water partition coefficient (Wildman–Crippen LogP) is 2.88. The molecule has 19 heavy (non-hydrogen) atoms. The third kappa shape index (κ3) is 2.57. The van der Waals surface area contributed by atoms with Crippen LogP contribution in [0.5, 0.6) is 0 Å². The molecule has 1 aliphatic carbocycles. The van der Waals surface area contributed by atoms with E-state index in [-0.39, 0.29) is 11.2 Å². The van der Waals surface area contributed by atoms with Crippen molar-refractivity contribution in [3.05, 3.63) is 0 Å². The standard InChI is InChI=1S/C16H29NO2/c1-3-17-14(15(2)7-5-10-18-15)13-6-11-19-16(12-13)8-4-9-16/h13-14,17H,3-12H2,1-2H3. The monoisotopic (exact) mass is 267 g/mol. The average molecular weight is 267 g/mol. The van der Waals surface area contributed by atoms with Crippen LogP contribution in [0, 0.1) is 5.92 Å². The minimum Gasteiger partial charge on any atom is -0.375 e. The number of hydrogen-bond acceptors (Lipinski definition) is 3. The fourth-order valence-corrected chi connectivity index (χ4v) is 4.42. The van der Waals surface area contributed by atoms with Crippen LogP contribution >= 0.6 is 0 Å². The van der Waals surface area contributed by atoms with E-state index in [9.17, 15) is 0 Å². The molecule has 3 atom stereocenters. The van der Waals surface area contributed by atoms with Gasteiger partial charge < -0.3 is 14.8 Å². The van der Waals surface area contributed by atoms with Crippen molar-refractivity contribution in [1.29, 1.82) is 0 Å². The summed E-state index contributed by atoms with van der Waals surface area (Å²) < 4.78 is 12.2. The maximum absolute atomic E-state index is 6.12. The second kappa shape index (κ2) is 5.34. The fourth-order valence-electron chi connectivity index (χ4n) is 4.42. The van der Waals surface area contributed by atoms with Crippen LogP contribution < -0.4 is 5.32 Å². The summed E-state index contributed by atoms with van der Waals surface area (Å²) in [6.07, 6.45) is 8.76. The van der Waals surface area contributed by atoms with Crippen LogP contribution in [0.15, 0.2) is 0 Å². The van der Waals surface area contributed by atoms with Crippen molar-refractivity contribution < 1.29 is 9.47 Å². The number of ether oxygens (including phenoxy) is 2. The molecular weight excluding hydrogens is 238 g/mol. The van der Waals surface area contributed by atoms with Crippen LogP contribution in [-0.4, -0.2) is 37.0 Å². The molecule has 3 fully saturated rings. The van der Waals surface area contributed by atoms with Crippen molar-refractivity contribution in [1.82, 2.24) is 5.32 Å². The topological polar surface area (TPSA) is 30.5 Å². The molecule has 110 valence electrons. The molecule has 0 radical (unpaired) electrons. The van der Waals surface area contributed by atoms with Gasteiger partial charge in [0.05, 0.1) is 11.2 Å². The Kier molecular flexibility index (Phi) is 3.89. The van der Waals surface area contributed by atoms with Gasteiger partial charge in [0.15, 0.2) is 0 Å². The first-order valence-electron chi connectivity index (χ1n) is 8.19. The Balaban J connectivity index is 1.72. The average Bonchev–Trinajstić information content (AvgIpc) is 2.82. The van der Waals surface area contributed by atoms with Crippen LogP contribution in [0.1, 0.15) is 58.8 Å². The first-order valence-corrected chi connectivity index (χ1v) is 8.19. The van der Waals surface area contributed by atoms with Gasteiger partial charge >= 0.3 is 0 Å². The molecule has 1 N–H and O–H groups in total. The Bertz CT molecular complexity index is 308. The van der Waals surface area contributed by atoms with Gasteiger partial charge in [-0.25, -0.2) is 0 Å². The summed E-state index contributed by atoms with van der Waals surface area (Å²) >= 11 is 0. The number of nitrogens with one attached hydrogen (secondary N) is 1. The number of hydrogen-bond donors (Lipinski definition) is 1. The van der Waals surface area contributed by atoms with E-state index in [4.69, 9.17) is 9.47 Å². The van der Waals surface area contributed by atoms with Crippen molar-refractivity contribution in [3.63, 3.8) is 0 Å². The highest BCUT2D eigenvalue weighted by Crippen LogP contribution is 2.47.